The Hall–Kier alpha value is -0.840. The second-order valence-corrected chi connectivity index (χ2v) is 5.79. The Labute approximate surface area is 105 Å². The minimum absolute atomic E-state index is 0.0458. The van der Waals surface area contributed by atoms with Crippen LogP contribution in [0.2, 0.25) is 0 Å². The van der Waals surface area contributed by atoms with E-state index in [2.05, 4.69) is 27.8 Å². The Morgan fingerprint density at radius 2 is 2.06 bits per heavy atom. The first kappa shape index (κ1) is 15.2. The van der Waals surface area contributed by atoms with Gasteiger partial charge in [0.15, 0.2) is 0 Å². The number of nitrogens with one attached hydrogen (secondary N) is 1. The van der Waals surface area contributed by atoms with E-state index >= 15 is 0 Å². The molecule has 0 fully saturated rings. The third-order valence-corrected chi connectivity index (χ3v) is 2.17. The zero-order valence-electron chi connectivity index (χ0n) is 9.72. The number of halogens is 1. The number of unbranched alkanes of at least 4 members (excludes halogenated alkanes) is 1. The molecule has 0 aliphatic heterocycles. The monoisotopic (exact) mass is 291 g/mol. The van der Waals surface area contributed by atoms with Crippen LogP contribution in [0.4, 0.5) is 0 Å². The Morgan fingerprint density at radius 3 is 2.56 bits per heavy atom. The molecule has 0 aliphatic carbocycles. The van der Waals surface area contributed by atoms with E-state index in [1.54, 1.807) is 13.8 Å². The number of hydrogen-bond donors (Lipinski definition) is 1. The van der Waals surface area contributed by atoms with Crippen molar-refractivity contribution in [3.8, 4) is 0 Å². The molecule has 5 heteroatoms. The summed E-state index contributed by atoms with van der Waals surface area (Å²) in [5.74, 6) is -0.457. The molecule has 0 aliphatic rings. The third kappa shape index (κ3) is 7.45. The van der Waals surface area contributed by atoms with Crippen LogP contribution in [0, 0.1) is 0 Å². The van der Waals surface area contributed by atoms with Crippen LogP contribution >= 0.6 is 15.9 Å². The number of alkyl halides is 1. The zero-order chi connectivity index (χ0) is 12.6. The predicted octanol–water partition coefficient (Wildman–Crippen LogP) is 1.79. The van der Waals surface area contributed by atoms with Crippen LogP contribution in [0.15, 0.2) is 12.7 Å². The third-order valence-electron chi connectivity index (χ3n) is 1.81. The summed E-state index contributed by atoms with van der Waals surface area (Å²) < 4.78 is 4.25. The van der Waals surface area contributed by atoms with E-state index < -0.39 is 10.3 Å². The van der Waals surface area contributed by atoms with Gasteiger partial charge in [0.05, 0.1) is 10.9 Å². The van der Waals surface area contributed by atoms with Crippen molar-refractivity contribution in [2.45, 2.75) is 31.0 Å². The van der Waals surface area contributed by atoms with Gasteiger partial charge in [-0.2, -0.15) is 0 Å². The molecular formula is C11H18BrNO3. The van der Waals surface area contributed by atoms with Crippen LogP contribution < -0.4 is 5.32 Å². The summed E-state index contributed by atoms with van der Waals surface area (Å²) in [5, 5.41) is 2.78. The SMILES string of the molecule is C=CC(=O)OCCCCNC(=O)C(C)(C)Br. The minimum atomic E-state index is -0.539. The standard InChI is InChI=1S/C11H18BrNO3/c1-4-9(14)16-8-6-5-7-13-10(15)11(2,3)12/h4H,1,5-8H2,2-3H3,(H,13,15). The molecule has 0 aromatic rings. The van der Waals surface area contributed by atoms with Crippen LogP contribution in [-0.4, -0.2) is 29.4 Å². The van der Waals surface area contributed by atoms with Gasteiger partial charge in [0.2, 0.25) is 5.91 Å². The predicted molar refractivity (Wildman–Crippen MR) is 66.4 cm³/mol. The van der Waals surface area contributed by atoms with Crippen molar-refractivity contribution in [1.29, 1.82) is 0 Å². The van der Waals surface area contributed by atoms with Crippen molar-refractivity contribution in [3.05, 3.63) is 12.7 Å². The second kappa shape index (κ2) is 7.44. The highest BCUT2D eigenvalue weighted by molar-refractivity contribution is 9.10. The highest BCUT2D eigenvalue weighted by Crippen LogP contribution is 2.14. The van der Waals surface area contributed by atoms with E-state index in [9.17, 15) is 9.59 Å². The Balaban J connectivity index is 3.44. The molecule has 0 heterocycles. The lowest BCUT2D eigenvalue weighted by Gasteiger charge is -2.15. The van der Waals surface area contributed by atoms with E-state index in [-0.39, 0.29) is 5.91 Å². The number of ether oxygens (including phenoxy) is 1. The van der Waals surface area contributed by atoms with Gasteiger partial charge >= 0.3 is 5.97 Å². The lowest BCUT2D eigenvalue weighted by Crippen LogP contribution is -2.38. The molecule has 0 spiro atoms. The van der Waals surface area contributed by atoms with Crippen molar-refractivity contribution in [1.82, 2.24) is 5.32 Å². The number of carbonyl (C=O) groups is 2. The summed E-state index contributed by atoms with van der Waals surface area (Å²) >= 11 is 3.26. The molecule has 0 saturated heterocycles. The number of hydrogen-bond acceptors (Lipinski definition) is 3. The van der Waals surface area contributed by atoms with Gasteiger partial charge in [0, 0.05) is 12.6 Å². The summed E-state index contributed by atoms with van der Waals surface area (Å²) in [6.45, 7) is 7.80. The molecule has 1 N–H and O–H groups in total. The van der Waals surface area contributed by atoms with Crippen molar-refractivity contribution < 1.29 is 14.3 Å². The van der Waals surface area contributed by atoms with Gasteiger partial charge in [-0.25, -0.2) is 4.79 Å². The summed E-state index contributed by atoms with van der Waals surface area (Å²) in [5.41, 5.74) is 0. The first-order valence-electron chi connectivity index (χ1n) is 5.14. The van der Waals surface area contributed by atoms with Crippen molar-refractivity contribution in [2.24, 2.45) is 0 Å². The molecule has 16 heavy (non-hydrogen) atoms. The van der Waals surface area contributed by atoms with E-state index in [1.165, 1.54) is 0 Å². The minimum Gasteiger partial charge on any atom is -0.463 e. The van der Waals surface area contributed by atoms with Crippen molar-refractivity contribution in [2.75, 3.05) is 13.2 Å². The van der Waals surface area contributed by atoms with Gasteiger partial charge < -0.3 is 10.1 Å². The lowest BCUT2D eigenvalue weighted by atomic mass is 10.2. The molecule has 0 aromatic heterocycles. The number of carbonyl (C=O) groups excluding carboxylic acids is 2. The Morgan fingerprint density at radius 1 is 1.44 bits per heavy atom. The molecule has 0 atom stereocenters. The number of amides is 1. The van der Waals surface area contributed by atoms with Gasteiger partial charge in [-0.05, 0) is 26.7 Å². The number of esters is 1. The lowest BCUT2D eigenvalue weighted by molar-refractivity contribution is -0.137. The van der Waals surface area contributed by atoms with Gasteiger partial charge in [-0.15, -0.1) is 0 Å². The van der Waals surface area contributed by atoms with Gasteiger partial charge in [-0.1, -0.05) is 22.5 Å². The normalized spacial score (nSPS) is 10.7. The fraction of sp³-hybridized carbons (Fsp3) is 0.636. The molecule has 0 unspecified atom stereocenters. The van der Waals surface area contributed by atoms with E-state index in [4.69, 9.17) is 4.74 Å². The maximum atomic E-state index is 11.4. The fourth-order valence-electron chi connectivity index (χ4n) is 0.871. The summed E-state index contributed by atoms with van der Waals surface area (Å²) in [4.78, 5) is 22.1. The molecule has 0 rings (SSSR count). The van der Waals surface area contributed by atoms with Crippen LogP contribution in [0.25, 0.3) is 0 Å². The van der Waals surface area contributed by atoms with Gasteiger partial charge in [0.1, 0.15) is 0 Å². The second-order valence-electron chi connectivity index (χ2n) is 3.81. The van der Waals surface area contributed by atoms with Gasteiger partial charge in [0.25, 0.3) is 0 Å². The van der Waals surface area contributed by atoms with Crippen LogP contribution in [0.1, 0.15) is 26.7 Å². The quantitative estimate of drug-likeness (QED) is 0.337. The van der Waals surface area contributed by atoms with E-state index in [0.29, 0.717) is 13.2 Å². The molecule has 0 bridgehead atoms. The van der Waals surface area contributed by atoms with Crippen LogP contribution in [-0.2, 0) is 14.3 Å². The highest BCUT2D eigenvalue weighted by Gasteiger charge is 2.22. The van der Waals surface area contributed by atoms with Gasteiger partial charge in [-0.3, -0.25) is 4.79 Å². The molecule has 4 nitrogen and oxygen atoms in total. The zero-order valence-corrected chi connectivity index (χ0v) is 11.3. The topological polar surface area (TPSA) is 55.4 Å². The molecule has 0 saturated carbocycles. The Kier molecular flexibility index (Phi) is 7.05. The van der Waals surface area contributed by atoms with Crippen LogP contribution in [0.5, 0.6) is 0 Å². The fourth-order valence-corrected chi connectivity index (χ4v) is 1.01. The first-order chi connectivity index (χ1) is 7.38. The van der Waals surface area contributed by atoms with E-state index in [1.807, 2.05) is 0 Å². The van der Waals surface area contributed by atoms with Crippen molar-refractivity contribution in [3.63, 3.8) is 0 Å². The summed E-state index contributed by atoms with van der Waals surface area (Å²) in [6.07, 6.45) is 2.64. The average Bonchev–Trinajstić information content (AvgIpc) is 2.20. The molecule has 92 valence electrons. The average molecular weight is 292 g/mol. The van der Waals surface area contributed by atoms with E-state index in [0.717, 1.165) is 18.9 Å². The summed E-state index contributed by atoms with van der Waals surface area (Å²) in [7, 11) is 0. The number of rotatable bonds is 7. The summed E-state index contributed by atoms with van der Waals surface area (Å²) in [6, 6.07) is 0. The molecular weight excluding hydrogens is 274 g/mol. The maximum Gasteiger partial charge on any atom is 0.330 e. The Bertz CT molecular complexity index is 258. The molecule has 0 radical (unpaired) electrons. The van der Waals surface area contributed by atoms with Crippen LogP contribution in [0.3, 0.4) is 0 Å². The first-order valence-corrected chi connectivity index (χ1v) is 5.93. The maximum absolute atomic E-state index is 11.4. The smallest absolute Gasteiger partial charge is 0.330 e. The molecule has 0 aromatic carbocycles. The highest BCUT2D eigenvalue weighted by atomic mass is 79.9. The molecule has 1 amide bonds. The van der Waals surface area contributed by atoms with Crippen molar-refractivity contribution >= 4 is 27.8 Å². The largest absolute Gasteiger partial charge is 0.463 e.